The number of aromatic amines is 1. The summed E-state index contributed by atoms with van der Waals surface area (Å²) >= 11 is 0. The van der Waals surface area contributed by atoms with Gasteiger partial charge in [-0.2, -0.15) is 0 Å². The Morgan fingerprint density at radius 1 is 1.18 bits per heavy atom. The molecule has 7 nitrogen and oxygen atoms in total. The second kappa shape index (κ2) is 10.1. The average molecular weight is 520 g/mol. The lowest BCUT2D eigenvalue weighted by molar-refractivity contribution is -0.113. The number of allylic oxidation sites excluding steroid dienone is 3. The molecule has 1 atom stereocenters. The van der Waals surface area contributed by atoms with Gasteiger partial charge < -0.3 is 20.1 Å². The van der Waals surface area contributed by atoms with Crippen LogP contribution in [0, 0.1) is 18.6 Å². The fraction of sp³-hybridized carbons (Fsp3) is 0.345. The van der Waals surface area contributed by atoms with Crippen molar-refractivity contribution in [3.8, 4) is 0 Å². The third-order valence-electron chi connectivity index (χ3n) is 7.12. The summed E-state index contributed by atoms with van der Waals surface area (Å²) in [6.45, 7) is 5.50. The molecule has 198 valence electrons. The molecule has 9 heteroatoms. The number of fused-ring (bicyclic) bond motifs is 2. The van der Waals surface area contributed by atoms with Crippen LogP contribution in [0.15, 0.2) is 42.1 Å². The second-order valence-corrected chi connectivity index (χ2v) is 10.4. The highest BCUT2D eigenvalue weighted by atomic mass is 19.1. The highest BCUT2D eigenvalue weighted by molar-refractivity contribution is 6.22. The Kier molecular flexibility index (Phi) is 6.88. The molecule has 1 aliphatic carbocycles. The molecule has 38 heavy (non-hydrogen) atoms. The number of carbonyl (C=O) groups is 2. The summed E-state index contributed by atoms with van der Waals surface area (Å²) in [6.07, 6.45) is 4.24. The number of carbonyl (C=O) groups excluding carboxylic acids is 2. The van der Waals surface area contributed by atoms with E-state index in [-0.39, 0.29) is 24.2 Å². The molecule has 0 saturated heterocycles. The third kappa shape index (κ3) is 4.98. The number of halogens is 2. The first-order chi connectivity index (χ1) is 18.1. The number of hydrogen-bond donors (Lipinski definition) is 2. The Bertz CT molecular complexity index is 1500. The zero-order valence-electron chi connectivity index (χ0n) is 22.0. The first-order valence-electron chi connectivity index (χ1n) is 12.7. The average Bonchev–Trinajstić information content (AvgIpc) is 3.39. The fourth-order valence-corrected chi connectivity index (χ4v) is 5.06. The largest absolute Gasteiger partial charge is 0.382 e. The first-order valence-corrected chi connectivity index (χ1v) is 12.7. The predicted octanol–water partition coefficient (Wildman–Crippen LogP) is 4.13. The highest BCUT2D eigenvalue weighted by Crippen LogP contribution is 2.30. The molecule has 1 aromatic heterocycles. The molecule has 1 aliphatic heterocycles. The summed E-state index contributed by atoms with van der Waals surface area (Å²) in [5, 5.41) is 3.34. The highest BCUT2D eigenvalue weighted by Gasteiger charge is 2.29. The molecule has 5 rings (SSSR count). The van der Waals surface area contributed by atoms with Crippen LogP contribution in [0.2, 0.25) is 0 Å². The lowest BCUT2D eigenvalue weighted by Gasteiger charge is -2.21. The van der Waals surface area contributed by atoms with E-state index < -0.39 is 11.6 Å². The smallest absolute Gasteiger partial charge is 0.254 e. The van der Waals surface area contributed by atoms with E-state index in [1.54, 1.807) is 19.1 Å². The summed E-state index contributed by atoms with van der Waals surface area (Å²) < 4.78 is 27.8. The van der Waals surface area contributed by atoms with E-state index in [4.69, 9.17) is 4.98 Å². The number of likely N-dealkylation sites (N-methyl/N-ethyl adjacent to an activating group) is 1. The molecule has 1 amide bonds. The normalized spacial score (nSPS) is 16.2. The number of H-pyrrole nitrogens is 1. The predicted molar refractivity (Wildman–Crippen MR) is 142 cm³/mol. The topological polar surface area (TPSA) is 81.3 Å². The fourth-order valence-electron chi connectivity index (χ4n) is 5.06. The molecule has 0 unspecified atom stereocenters. The van der Waals surface area contributed by atoms with Gasteiger partial charge in [0, 0.05) is 49.4 Å². The number of benzene rings is 2. The Hall–Kier alpha value is -3.85. The number of nitrogens with one attached hydrogen (secondary N) is 2. The van der Waals surface area contributed by atoms with Gasteiger partial charge in [-0.1, -0.05) is 6.08 Å². The summed E-state index contributed by atoms with van der Waals surface area (Å²) in [6, 6.07) is 5.75. The number of aromatic nitrogens is 2. The van der Waals surface area contributed by atoms with Gasteiger partial charge in [0.15, 0.2) is 5.78 Å². The number of Topliss-reactive ketones (excluding diaryl/α,β-unsaturated/α-hetero) is 1. The van der Waals surface area contributed by atoms with Crippen molar-refractivity contribution in [3.63, 3.8) is 0 Å². The Balaban J connectivity index is 1.42. The van der Waals surface area contributed by atoms with Gasteiger partial charge >= 0.3 is 0 Å². The van der Waals surface area contributed by atoms with Crippen molar-refractivity contribution in [2.75, 3.05) is 27.2 Å². The number of rotatable bonds is 8. The molecule has 0 radical (unpaired) electrons. The van der Waals surface area contributed by atoms with Gasteiger partial charge in [-0.25, -0.2) is 13.8 Å². The summed E-state index contributed by atoms with van der Waals surface area (Å²) in [5.74, 6) is -0.862. The molecule has 2 heterocycles. The number of nitrogens with zero attached hydrogens (tertiary/aromatic N) is 3. The van der Waals surface area contributed by atoms with E-state index in [9.17, 15) is 18.4 Å². The summed E-state index contributed by atoms with van der Waals surface area (Å²) in [4.78, 5) is 37.8. The molecule has 0 saturated carbocycles. The minimum atomic E-state index is -0.614. The summed E-state index contributed by atoms with van der Waals surface area (Å²) in [5.41, 5.74) is 4.96. The molecule has 0 fully saturated rings. The van der Waals surface area contributed by atoms with Gasteiger partial charge in [0.1, 0.15) is 17.5 Å². The molecular formula is C29H31F2N5O2. The Morgan fingerprint density at radius 2 is 1.97 bits per heavy atom. The molecule has 2 aromatic carbocycles. The van der Waals surface area contributed by atoms with Crippen LogP contribution in [-0.2, 0) is 17.8 Å². The van der Waals surface area contributed by atoms with Crippen molar-refractivity contribution in [2.24, 2.45) is 0 Å². The van der Waals surface area contributed by atoms with Crippen LogP contribution < -0.4 is 5.32 Å². The second-order valence-electron chi connectivity index (χ2n) is 10.4. The van der Waals surface area contributed by atoms with Gasteiger partial charge in [0.2, 0.25) is 0 Å². The van der Waals surface area contributed by atoms with E-state index in [0.29, 0.717) is 58.8 Å². The zero-order chi connectivity index (χ0) is 27.1. The molecule has 2 aliphatic rings. The van der Waals surface area contributed by atoms with Gasteiger partial charge in [-0.05, 0) is 75.3 Å². The molecule has 2 N–H and O–H groups in total. The van der Waals surface area contributed by atoms with E-state index in [0.717, 1.165) is 23.7 Å². The zero-order valence-corrected chi connectivity index (χ0v) is 22.0. The van der Waals surface area contributed by atoms with Crippen LogP contribution >= 0.6 is 0 Å². The van der Waals surface area contributed by atoms with Crippen LogP contribution in [-0.4, -0.2) is 64.7 Å². The van der Waals surface area contributed by atoms with E-state index in [2.05, 4.69) is 10.3 Å². The van der Waals surface area contributed by atoms with Gasteiger partial charge in [0.05, 0.1) is 16.6 Å². The van der Waals surface area contributed by atoms with Gasteiger partial charge in [-0.15, -0.1) is 0 Å². The maximum atomic E-state index is 14.0. The minimum Gasteiger partial charge on any atom is -0.382 e. The van der Waals surface area contributed by atoms with E-state index in [1.807, 2.05) is 43.0 Å². The Labute approximate surface area is 220 Å². The quantitative estimate of drug-likeness (QED) is 0.468. The monoisotopic (exact) mass is 519 g/mol. The van der Waals surface area contributed by atoms with Crippen molar-refractivity contribution in [1.82, 2.24) is 25.1 Å². The van der Waals surface area contributed by atoms with E-state index in [1.165, 1.54) is 6.07 Å². The maximum absolute atomic E-state index is 14.0. The lowest BCUT2D eigenvalue weighted by Crippen LogP contribution is -2.31. The molecule has 0 spiro atoms. The number of imidazole rings is 1. The van der Waals surface area contributed by atoms with Crippen LogP contribution in [0.3, 0.4) is 0 Å². The van der Waals surface area contributed by atoms with Crippen LogP contribution in [0.25, 0.3) is 16.6 Å². The van der Waals surface area contributed by atoms with Crippen LogP contribution in [0.5, 0.6) is 0 Å². The number of ketones is 1. The molecular weight excluding hydrogens is 488 g/mol. The van der Waals surface area contributed by atoms with Crippen molar-refractivity contribution in [1.29, 1.82) is 0 Å². The molecule has 3 aromatic rings. The van der Waals surface area contributed by atoms with Crippen molar-refractivity contribution in [2.45, 2.75) is 39.3 Å². The number of amides is 1. The lowest BCUT2D eigenvalue weighted by atomic mass is 9.97. The van der Waals surface area contributed by atoms with Crippen LogP contribution in [0.4, 0.5) is 8.78 Å². The van der Waals surface area contributed by atoms with E-state index >= 15 is 0 Å². The van der Waals surface area contributed by atoms with Crippen molar-refractivity contribution < 1.29 is 18.4 Å². The van der Waals surface area contributed by atoms with Crippen molar-refractivity contribution >= 4 is 28.3 Å². The van der Waals surface area contributed by atoms with Crippen molar-refractivity contribution in [3.05, 3.63) is 81.8 Å². The molecule has 0 bridgehead atoms. The number of hydrogen-bond acceptors (Lipinski definition) is 5. The Morgan fingerprint density at radius 3 is 2.74 bits per heavy atom. The third-order valence-corrected chi connectivity index (χ3v) is 7.12. The van der Waals surface area contributed by atoms with Gasteiger partial charge in [0.25, 0.3) is 5.91 Å². The standard InChI is InChI=1S/C29H31F2N5O2/c1-16(10-18-11-20(30)13-22(31)17(18)2)32-23-6-5-7-26(37)27(23)28-33-24-12-19-15-36(9-8-35(3)4)29(38)21(19)14-25(24)34-28/h5-6,11-14,16,32H,7-10,15H2,1-4H3,(H,33,34)/t16-/m0/s1. The van der Waals surface area contributed by atoms with Gasteiger partial charge in [-0.3, -0.25) is 9.59 Å². The summed E-state index contributed by atoms with van der Waals surface area (Å²) in [7, 11) is 3.95. The maximum Gasteiger partial charge on any atom is 0.254 e. The van der Waals surface area contributed by atoms with Crippen LogP contribution in [0.1, 0.15) is 46.2 Å². The SMILES string of the molecule is Cc1c(F)cc(F)cc1C[C@H](C)NC1=C(c2nc3cc4c(cc3[nH]2)CN(CCN(C)C)C4=O)C(=O)CC=C1. The first kappa shape index (κ1) is 25.8. The minimum absolute atomic E-state index is 0.00977.